The summed E-state index contributed by atoms with van der Waals surface area (Å²) in [4.78, 5) is 28.5. The first-order chi connectivity index (χ1) is 18.9. The number of carbonyl (C=O) groups is 2. The maximum Gasteiger partial charge on any atom is 0.333 e. The van der Waals surface area contributed by atoms with Gasteiger partial charge in [0.15, 0.2) is 0 Å². The number of carbonyl (C=O) groups excluding carboxylic acids is 2. The molecular weight excluding hydrogens is 516 g/mol. The molecule has 1 aromatic rings. The maximum atomic E-state index is 11.9. The Morgan fingerprint density at radius 2 is 1.43 bits per heavy atom. The van der Waals surface area contributed by atoms with E-state index in [1.165, 1.54) is 37.8 Å². The minimum Gasteiger partial charge on any atom is -0.492 e. The average Bonchev–Trinajstić information content (AvgIpc) is 3.44. The van der Waals surface area contributed by atoms with Gasteiger partial charge >= 0.3 is 5.97 Å². The van der Waals surface area contributed by atoms with E-state index < -0.39 is 17.7 Å². The zero-order valence-electron chi connectivity index (χ0n) is 25.4. The quantitative estimate of drug-likeness (QED) is 0.184. The van der Waals surface area contributed by atoms with E-state index in [9.17, 15) is 19.8 Å². The number of ether oxygens (including phenoxy) is 3. The van der Waals surface area contributed by atoms with Crippen LogP contribution in [0.15, 0.2) is 12.1 Å². The van der Waals surface area contributed by atoms with Gasteiger partial charge in [0.25, 0.3) is 0 Å². The highest BCUT2D eigenvalue weighted by molar-refractivity contribution is 5.81. The number of rotatable bonds is 21. The molecule has 0 spiro atoms. The van der Waals surface area contributed by atoms with Crippen molar-refractivity contribution in [2.75, 3.05) is 33.0 Å². The van der Waals surface area contributed by atoms with Crippen molar-refractivity contribution in [3.63, 3.8) is 0 Å². The highest BCUT2D eigenvalue weighted by Crippen LogP contribution is 2.52. The fourth-order valence-electron chi connectivity index (χ4n) is 4.96. The largest absolute Gasteiger partial charge is 0.492 e. The minimum absolute atomic E-state index is 0.0815. The summed E-state index contributed by atoms with van der Waals surface area (Å²) in [6.07, 6.45) is 6.40. The molecule has 1 saturated carbocycles. The molecule has 2 unspecified atom stereocenters. The van der Waals surface area contributed by atoms with Gasteiger partial charge in [0.05, 0.1) is 37.4 Å². The van der Waals surface area contributed by atoms with Crippen molar-refractivity contribution >= 4 is 11.9 Å². The second-order valence-electron chi connectivity index (χ2n) is 12.0. The van der Waals surface area contributed by atoms with E-state index in [0.29, 0.717) is 37.5 Å². The van der Waals surface area contributed by atoms with Crippen LogP contribution in [-0.4, -0.2) is 71.0 Å². The Balaban J connectivity index is 1.51. The van der Waals surface area contributed by atoms with Crippen molar-refractivity contribution in [2.24, 2.45) is 17.8 Å². The van der Waals surface area contributed by atoms with Gasteiger partial charge < -0.3 is 34.6 Å². The lowest BCUT2D eigenvalue weighted by atomic mass is 10.0. The fourth-order valence-corrected chi connectivity index (χ4v) is 4.96. The van der Waals surface area contributed by atoms with Gasteiger partial charge in [-0.2, -0.15) is 0 Å². The van der Waals surface area contributed by atoms with Gasteiger partial charge in [-0.1, -0.05) is 39.5 Å². The van der Waals surface area contributed by atoms with Crippen molar-refractivity contribution in [2.45, 2.75) is 104 Å². The van der Waals surface area contributed by atoms with Gasteiger partial charge in [-0.25, -0.2) is 4.79 Å². The number of aromatic hydroxyl groups is 2. The third-order valence-corrected chi connectivity index (χ3v) is 7.58. The lowest BCUT2D eigenvalue weighted by molar-refractivity contribution is -0.146. The zero-order valence-corrected chi connectivity index (χ0v) is 25.4. The van der Waals surface area contributed by atoms with E-state index >= 15 is 0 Å². The Labute approximate surface area is 239 Å². The van der Waals surface area contributed by atoms with Crippen molar-refractivity contribution in [3.8, 4) is 11.8 Å². The molecule has 0 bridgehead atoms. The zero-order chi connectivity index (χ0) is 29.8. The van der Waals surface area contributed by atoms with E-state index in [1.54, 1.807) is 0 Å². The van der Waals surface area contributed by atoms with Crippen LogP contribution in [-0.2, 0) is 23.8 Å². The molecular formula is C30H52N2O8. The Morgan fingerprint density at radius 3 is 2.02 bits per heavy atom. The summed E-state index contributed by atoms with van der Waals surface area (Å²) in [6, 6.07) is 2.36. The summed E-state index contributed by atoms with van der Waals surface area (Å²) in [7, 11) is 0. The predicted molar refractivity (Wildman–Crippen MR) is 152 cm³/mol. The monoisotopic (exact) mass is 568 g/mol. The second kappa shape index (κ2) is 16.2. The number of hydrogen-bond donors (Lipinski definition) is 3. The van der Waals surface area contributed by atoms with E-state index in [2.05, 4.69) is 33.0 Å². The first-order valence-electron chi connectivity index (χ1n) is 14.8. The molecule has 2 rings (SSSR count). The minimum atomic E-state index is -0.755. The van der Waals surface area contributed by atoms with Crippen LogP contribution in [0.1, 0.15) is 92.9 Å². The Bertz CT molecular complexity index is 882. The first kappa shape index (κ1) is 33.9. The van der Waals surface area contributed by atoms with Crippen LogP contribution in [0, 0.1) is 17.8 Å². The van der Waals surface area contributed by atoms with Gasteiger partial charge in [0.2, 0.25) is 17.7 Å². The highest BCUT2D eigenvalue weighted by Gasteiger charge is 2.48. The molecule has 10 heteroatoms. The van der Waals surface area contributed by atoms with Gasteiger partial charge in [0.1, 0.15) is 0 Å². The average molecular weight is 569 g/mol. The molecule has 1 aliphatic rings. The molecule has 0 saturated heterocycles. The van der Waals surface area contributed by atoms with Gasteiger partial charge in [-0.3, -0.25) is 4.79 Å². The maximum absolute atomic E-state index is 11.9. The fraction of sp³-hybridized carbons (Fsp3) is 0.800. The van der Waals surface area contributed by atoms with Crippen LogP contribution >= 0.6 is 0 Å². The van der Waals surface area contributed by atoms with Crippen molar-refractivity contribution in [3.05, 3.63) is 12.1 Å². The molecule has 0 aliphatic heterocycles. The molecule has 1 amide bonds. The van der Waals surface area contributed by atoms with Crippen LogP contribution in [0.25, 0.3) is 0 Å². The number of nitrogens with zero attached hydrogens (tertiary/aromatic N) is 1. The Hall–Kier alpha value is -2.30. The van der Waals surface area contributed by atoms with Crippen LogP contribution in [0.5, 0.6) is 11.8 Å². The molecule has 0 aromatic carbocycles. The van der Waals surface area contributed by atoms with Crippen LogP contribution in [0.2, 0.25) is 0 Å². The number of nitrogens with one attached hydrogen (secondary N) is 1. The van der Waals surface area contributed by atoms with Crippen molar-refractivity contribution < 1.29 is 38.9 Å². The molecule has 2 atom stereocenters. The smallest absolute Gasteiger partial charge is 0.333 e. The highest BCUT2D eigenvalue weighted by atomic mass is 16.7. The van der Waals surface area contributed by atoms with Crippen LogP contribution in [0.3, 0.4) is 0 Å². The summed E-state index contributed by atoms with van der Waals surface area (Å²) in [6.45, 7) is 15.6. The number of hydrogen-bond acceptors (Lipinski definition) is 8. The molecule has 1 fully saturated rings. The SMILES string of the molecule is CCCC1C(CCC)C1COC(C)(C)CCOC(C)(C)CCOCCNC(=O)CCC(=O)On1c(O)ccc1O. The van der Waals surface area contributed by atoms with E-state index in [4.69, 9.17) is 19.0 Å². The van der Waals surface area contributed by atoms with Crippen LogP contribution < -0.4 is 10.2 Å². The lowest BCUT2D eigenvalue weighted by Crippen LogP contribution is -2.32. The lowest BCUT2D eigenvalue weighted by Gasteiger charge is -2.30. The molecule has 10 nitrogen and oxygen atoms in total. The second-order valence-corrected chi connectivity index (χ2v) is 12.0. The Kier molecular flexibility index (Phi) is 13.7. The summed E-state index contributed by atoms with van der Waals surface area (Å²) >= 11 is 0. The topological polar surface area (TPSA) is 128 Å². The van der Waals surface area contributed by atoms with Gasteiger partial charge in [-0.15, -0.1) is 4.73 Å². The molecule has 1 heterocycles. The molecule has 230 valence electrons. The molecule has 40 heavy (non-hydrogen) atoms. The third-order valence-electron chi connectivity index (χ3n) is 7.58. The molecule has 3 N–H and O–H groups in total. The van der Waals surface area contributed by atoms with E-state index in [1.807, 2.05) is 13.8 Å². The Morgan fingerprint density at radius 1 is 0.850 bits per heavy atom. The standard InChI is InChI=1S/C30H52N2O8/c1-7-9-22-23(10-8-2)24(22)21-39-30(5,6)16-19-38-29(3,4)15-18-37-20-17-31-25(33)11-14-28(36)40-32-26(34)12-13-27(32)35/h12-13,22-24,34-35H,7-11,14-21H2,1-6H3,(H,31,33). The number of aromatic nitrogens is 1. The molecule has 1 aliphatic carbocycles. The predicted octanol–water partition coefficient (Wildman–Crippen LogP) is 4.60. The summed E-state index contributed by atoms with van der Waals surface area (Å²) < 4.78 is 18.7. The van der Waals surface area contributed by atoms with E-state index in [0.717, 1.165) is 30.8 Å². The van der Waals surface area contributed by atoms with Gasteiger partial charge in [0, 0.05) is 31.7 Å². The summed E-state index contributed by atoms with van der Waals surface area (Å²) in [5.74, 6) is 0.503. The van der Waals surface area contributed by atoms with Crippen molar-refractivity contribution in [1.29, 1.82) is 0 Å². The summed E-state index contributed by atoms with van der Waals surface area (Å²) in [5.41, 5.74) is -0.555. The van der Waals surface area contributed by atoms with Gasteiger partial charge in [-0.05, 0) is 58.3 Å². The summed E-state index contributed by atoms with van der Waals surface area (Å²) in [5, 5.41) is 21.6. The normalized spacial score (nSPS) is 19.0. The first-order valence-corrected chi connectivity index (χ1v) is 14.8. The molecule has 0 radical (unpaired) electrons. The van der Waals surface area contributed by atoms with E-state index in [-0.39, 0.29) is 30.0 Å². The number of amides is 1. The van der Waals surface area contributed by atoms with Crippen molar-refractivity contribution in [1.82, 2.24) is 10.0 Å². The molecule has 1 aromatic heterocycles. The third kappa shape index (κ3) is 12.1. The van der Waals surface area contributed by atoms with Crippen LogP contribution in [0.4, 0.5) is 0 Å².